The first-order valence-corrected chi connectivity index (χ1v) is 9.62. The highest BCUT2D eigenvalue weighted by atomic mass is 35.5. The minimum Gasteiger partial charge on any atom is -0.338 e. The van der Waals surface area contributed by atoms with E-state index in [9.17, 15) is 9.59 Å². The van der Waals surface area contributed by atoms with Crippen molar-refractivity contribution in [1.82, 2.24) is 9.88 Å². The van der Waals surface area contributed by atoms with E-state index in [4.69, 9.17) is 11.6 Å². The van der Waals surface area contributed by atoms with Gasteiger partial charge in [0.05, 0.1) is 17.4 Å². The molecule has 2 aromatic rings. The molecule has 0 bridgehead atoms. The Hall–Kier alpha value is -2.40. The van der Waals surface area contributed by atoms with E-state index in [1.807, 2.05) is 30.9 Å². The van der Waals surface area contributed by atoms with Crippen molar-refractivity contribution in [2.75, 3.05) is 11.4 Å². The first-order chi connectivity index (χ1) is 12.9. The van der Waals surface area contributed by atoms with Gasteiger partial charge in [0.15, 0.2) is 0 Å². The summed E-state index contributed by atoms with van der Waals surface area (Å²) in [6.45, 7) is 5.32. The summed E-state index contributed by atoms with van der Waals surface area (Å²) in [5.41, 5.74) is 2.72. The molecule has 1 aromatic carbocycles. The highest BCUT2D eigenvalue weighted by Gasteiger charge is 2.44. The van der Waals surface area contributed by atoms with Crippen LogP contribution < -0.4 is 4.90 Å². The first kappa shape index (κ1) is 18.0. The van der Waals surface area contributed by atoms with Crippen LogP contribution >= 0.6 is 11.6 Å². The molecule has 0 aliphatic carbocycles. The minimum absolute atomic E-state index is 0.0559. The molecule has 6 heteroatoms. The van der Waals surface area contributed by atoms with Gasteiger partial charge in [-0.15, -0.1) is 0 Å². The second-order valence-corrected chi connectivity index (χ2v) is 8.15. The van der Waals surface area contributed by atoms with Crippen LogP contribution in [-0.2, 0) is 16.9 Å². The van der Waals surface area contributed by atoms with Crippen LogP contribution in [0.15, 0.2) is 36.7 Å². The Kier molecular flexibility index (Phi) is 4.42. The molecule has 0 unspecified atom stereocenters. The maximum atomic E-state index is 13.1. The highest BCUT2D eigenvalue weighted by molar-refractivity contribution is 6.31. The van der Waals surface area contributed by atoms with Crippen molar-refractivity contribution in [2.45, 2.75) is 45.2 Å². The Morgan fingerprint density at radius 3 is 2.74 bits per heavy atom. The van der Waals surface area contributed by atoms with Crippen LogP contribution in [-0.4, -0.2) is 28.2 Å². The zero-order valence-electron chi connectivity index (χ0n) is 15.5. The average molecular weight is 384 g/mol. The summed E-state index contributed by atoms with van der Waals surface area (Å²) in [4.78, 5) is 33.2. The monoisotopic (exact) mass is 383 g/mol. The molecule has 2 aliphatic heterocycles. The number of anilines is 1. The summed E-state index contributed by atoms with van der Waals surface area (Å²) in [6.07, 6.45) is 6.08. The number of rotatable bonds is 3. The van der Waals surface area contributed by atoms with Gasteiger partial charge < -0.3 is 4.90 Å². The van der Waals surface area contributed by atoms with Gasteiger partial charge in [0, 0.05) is 36.3 Å². The lowest BCUT2D eigenvalue weighted by molar-refractivity contribution is -0.133. The zero-order valence-corrected chi connectivity index (χ0v) is 16.3. The molecule has 0 radical (unpaired) electrons. The molecule has 2 amide bonds. The van der Waals surface area contributed by atoms with E-state index in [0.29, 0.717) is 23.6 Å². The third kappa shape index (κ3) is 3.10. The molecular formula is C21H22ClN3O2. The van der Waals surface area contributed by atoms with Gasteiger partial charge in [0.1, 0.15) is 0 Å². The third-order valence-corrected chi connectivity index (χ3v) is 5.70. The van der Waals surface area contributed by atoms with E-state index in [2.05, 4.69) is 4.98 Å². The first-order valence-electron chi connectivity index (χ1n) is 9.24. The van der Waals surface area contributed by atoms with Crippen LogP contribution in [0.5, 0.6) is 0 Å². The number of carbonyl (C=O) groups is 2. The van der Waals surface area contributed by atoms with Crippen LogP contribution in [0.1, 0.15) is 54.6 Å². The lowest BCUT2D eigenvalue weighted by Gasteiger charge is -2.33. The number of hydrogen-bond acceptors (Lipinski definition) is 3. The summed E-state index contributed by atoms with van der Waals surface area (Å²) >= 11 is 6.16. The van der Waals surface area contributed by atoms with Crippen molar-refractivity contribution >= 4 is 29.1 Å². The minimum atomic E-state index is -0.529. The van der Waals surface area contributed by atoms with Gasteiger partial charge >= 0.3 is 0 Å². The number of amides is 2. The number of likely N-dealkylation sites (tertiary alicyclic amines) is 1. The Bertz CT molecular complexity index is 925. The molecule has 0 saturated carbocycles. The molecule has 1 saturated heterocycles. The van der Waals surface area contributed by atoms with Crippen molar-refractivity contribution in [1.29, 1.82) is 0 Å². The fourth-order valence-electron chi connectivity index (χ4n) is 4.08. The lowest BCUT2D eigenvalue weighted by atomic mass is 9.93. The zero-order chi connectivity index (χ0) is 19.2. The predicted molar refractivity (Wildman–Crippen MR) is 105 cm³/mol. The van der Waals surface area contributed by atoms with Crippen molar-refractivity contribution < 1.29 is 9.59 Å². The molecule has 5 nitrogen and oxygen atoms in total. The van der Waals surface area contributed by atoms with Crippen LogP contribution in [0.4, 0.5) is 5.69 Å². The van der Waals surface area contributed by atoms with E-state index < -0.39 is 5.54 Å². The summed E-state index contributed by atoms with van der Waals surface area (Å²) in [5, 5.41) is 0.618. The Morgan fingerprint density at radius 1 is 1.15 bits per heavy atom. The van der Waals surface area contributed by atoms with E-state index in [1.165, 1.54) is 0 Å². The van der Waals surface area contributed by atoms with Crippen LogP contribution in [0.25, 0.3) is 0 Å². The molecule has 4 rings (SSSR count). The number of halogens is 1. The summed E-state index contributed by atoms with van der Waals surface area (Å²) in [5.74, 6) is 0.131. The number of nitrogens with zero attached hydrogens (tertiary/aromatic N) is 3. The smallest absolute Gasteiger partial charge is 0.259 e. The second kappa shape index (κ2) is 6.64. The van der Waals surface area contributed by atoms with Gasteiger partial charge in [-0.2, -0.15) is 0 Å². The Morgan fingerprint density at radius 2 is 1.96 bits per heavy atom. The summed E-state index contributed by atoms with van der Waals surface area (Å²) in [6, 6.07) is 7.35. The third-order valence-electron chi connectivity index (χ3n) is 5.47. The quantitative estimate of drug-likeness (QED) is 0.800. The van der Waals surface area contributed by atoms with Gasteiger partial charge in [-0.25, -0.2) is 0 Å². The van der Waals surface area contributed by atoms with Crippen molar-refractivity contribution in [2.24, 2.45) is 0 Å². The SMILES string of the molecule is CC1(C)c2cc(Cl)ccc2C(=O)N1c1cncc(CN2CCCCC2=O)c1. The maximum Gasteiger partial charge on any atom is 0.259 e. The lowest BCUT2D eigenvalue weighted by Crippen LogP contribution is -2.39. The second-order valence-electron chi connectivity index (χ2n) is 7.71. The topological polar surface area (TPSA) is 53.5 Å². The average Bonchev–Trinajstić information content (AvgIpc) is 2.83. The van der Waals surface area contributed by atoms with E-state index in [0.717, 1.165) is 36.2 Å². The number of hydrogen-bond donors (Lipinski definition) is 0. The van der Waals surface area contributed by atoms with E-state index in [1.54, 1.807) is 29.4 Å². The number of carbonyl (C=O) groups excluding carboxylic acids is 2. The number of benzene rings is 1. The van der Waals surface area contributed by atoms with E-state index in [-0.39, 0.29) is 11.8 Å². The fraction of sp³-hybridized carbons (Fsp3) is 0.381. The molecule has 2 aliphatic rings. The maximum absolute atomic E-state index is 13.1. The molecule has 27 heavy (non-hydrogen) atoms. The Balaban J connectivity index is 1.66. The largest absolute Gasteiger partial charge is 0.338 e. The number of fused-ring (bicyclic) bond motifs is 1. The standard InChI is InChI=1S/C21H22ClN3O2/c1-21(2)18-10-15(22)6-7-17(18)20(27)25(21)16-9-14(11-23-12-16)13-24-8-4-3-5-19(24)26/h6-7,9-12H,3-5,8,13H2,1-2H3. The van der Waals surface area contributed by atoms with Gasteiger partial charge in [-0.1, -0.05) is 11.6 Å². The van der Waals surface area contributed by atoms with Crippen LogP contribution in [0.2, 0.25) is 5.02 Å². The summed E-state index contributed by atoms with van der Waals surface area (Å²) in [7, 11) is 0. The molecule has 0 N–H and O–H groups in total. The molecule has 1 aromatic heterocycles. The Labute approximate surface area is 163 Å². The van der Waals surface area contributed by atoms with Crippen molar-refractivity contribution in [3.05, 3.63) is 58.4 Å². The number of pyridine rings is 1. The molecule has 1 fully saturated rings. The fourth-order valence-corrected chi connectivity index (χ4v) is 4.25. The highest BCUT2D eigenvalue weighted by Crippen LogP contribution is 2.42. The van der Waals surface area contributed by atoms with Crippen LogP contribution in [0.3, 0.4) is 0 Å². The molecular weight excluding hydrogens is 362 g/mol. The van der Waals surface area contributed by atoms with Crippen LogP contribution in [0, 0.1) is 0 Å². The number of aromatic nitrogens is 1. The van der Waals surface area contributed by atoms with Gasteiger partial charge in [0.2, 0.25) is 5.91 Å². The van der Waals surface area contributed by atoms with Crippen molar-refractivity contribution in [3.8, 4) is 0 Å². The molecule has 140 valence electrons. The molecule has 0 spiro atoms. The van der Waals surface area contributed by atoms with E-state index >= 15 is 0 Å². The molecule has 0 atom stereocenters. The number of piperidine rings is 1. The normalized spacial score (nSPS) is 18.8. The molecule has 3 heterocycles. The van der Waals surface area contributed by atoms with Crippen molar-refractivity contribution in [3.63, 3.8) is 0 Å². The van der Waals surface area contributed by atoms with Gasteiger partial charge in [-0.05, 0) is 62.1 Å². The van der Waals surface area contributed by atoms with Gasteiger partial charge in [-0.3, -0.25) is 19.5 Å². The van der Waals surface area contributed by atoms with Gasteiger partial charge in [0.25, 0.3) is 5.91 Å². The predicted octanol–water partition coefficient (Wildman–Crippen LogP) is 4.14. The summed E-state index contributed by atoms with van der Waals surface area (Å²) < 4.78 is 0.